The molecule has 0 spiro atoms. The zero-order valence-electron chi connectivity index (χ0n) is 12.1. The number of carbonyl (C=O) groups excluding carboxylic acids is 1. The highest BCUT2D eigenvalue weighted by Gasteiger charge is 2.18. The average Bonchev–Trinajstić information content (AvgIpc) is 2.37. The number of nitrogens with zero attached hydrogens (tertiary/aromatic N) is 3. The first-order valence-corrected chi connectivity index (χ1v) is 6.88. The zero-order valence-corrected chi connectivity index (χ0v) is 12.1. The Balaban J connectivity index is 2.17. The molecular formula is C13H28N4O. The van der Waals surface area contributed by atoms with E-state index in [0.717, 1.165) is 45.8 Å². The minimum atomic E-state index is 0.217. The molecule has 1 rings (SSSR count). The van der Waals surface area contributed by atoms with E-state index in [1.165, 1.54) is 0 Å². The first-order valence-electron chi connectivity index (χ1n) is 6.88. The number of piperazine rings is 1. The Bertz CT molecular complexity index is 249. The molecule has 1 aliphatic heterocycles. The maximum atomic E-state index is 11.5. The van der Waals surface area contributed by atoms with Gasteiger partial charge in [0.15, 0.2) is 0 Å². The van der Waals surface area contributed by atoms with E-state index < -0.39 is 0 Å². The van der Waals surface area contributed by atoms with Crippen LogP contribution in [0.3, 0.4) is 0 Å². The van der Waals surface area contributed by atoms with E-state index in [2.05, 4.69) is 16.7 Å². The summed E-state index contributed by atoms with van der Waals surface area (Å²) in [6.07, 6.45) is 0.631. The van der Waals surface area contributed by atoms with Crippen molar-refractivity contribution >= 4 is 5.91 Å². The lowest BCUT2D eigenvalue weighted by atomic mass is 10.1. The van der Waals surface area contributed by atoms with E-state index in [1.807, 2.05) is 14.1 Å². The van der Waals surface area contributed by atoms with Crippen molar-refractivity contribution in [1.82, 2.24) is 14.7 Å². The molecule has 0 radical (unpaired) electrons. The fraction of sp³-hybridized carbons (Fsp3) is 0.923. The van der Waals surface area contributed by atoms with Crippen molar-refractivity contribution < 1.29 is 4.79 Å². The van der Waals surface area contributed by atoms with Gasteiger partial charge in [0.1, 0.15) is 0 Å². The largest absolute Gasteiger partial charge is 0.349 e. The molecule has 0 bridgehead atoms. The molecule has 1 unspecified atom stereocenters. The average molecular weight is 256 g/mol. The van der Waals surface area contributed by atoms with Gasteiger partial charge in [-0.15, -0.1) is 0 Å². The molecule has 1 atom stereocenters. The van der Waals surface area contributed by atoms with E-state index in [1.54, 1.807) is 4.90 Å². The lowest BCUT2D eigenvalue weighted by Gasteiger charge is -2.35. The van der Waals surface area contributed by atoms with Gasteiger partial charge in [0, 0.05) is 59.8 Å². The third-order valence-electron chi connectivity index (χ3n) is 3.58. The molecular weight excluding hydrogens is 228 g/mol. The van der Waals surface area contributed by atoms with Crippen LogP contribution in [-0.2, 0) is 4.79 Å². The monoisotopic (exact) mass is 256 g/mol. The third-order valence-corrected chi connectivity index (χ3v) is 3.58. The van der Waals surface area contributed by atoms with Gasteiger partial charge >= 0.3 is 0 Å². The fourth-order valence-corrected chi connectivity index (χ4v) is 2.19. The van der Waals surface area contributed by atoms with Crippen molar-refractivity contribution in [3.63, 3.8) is 0 Å². The lowest BCUT2D eigenvalue weighted by molar-refractivity contribution is -0.129. The van der Waals surface area contributed by atoms with Crippen LogP contribution < -0.4 is 5.73 Å². The van der Waals surface area contributed by atoms with Crippen molar-refractivity contribution in [1.29, 1.82) is 0 Å². The predicted molar refractivity (Wildman–Crippen MR) is 74.4 cm³/mol. The molecule has 1 heterocycles. The van der Waals surface area contributed by atoms with Gasteiger partial charge in [-0.1, -0.05) is 6.92 Å². The maximum absolute atomic E-state index is 11.5. The van der Waals surface area contributed by atoms with Crippen LogP contribution in [0.4, 0.5) is 0 Å². The van der Waals surface area contributed by atoms with Crippen molar-refractivity contribution in [2.75, 3.05) is 59.9 Å². The second kappa shape index (κ2) is 7.71. The van der Waals surface area contributed by atoms with Crippen LogP contribution in [0.5, 0.6) is 0 Å². The molecule has 0 saturated carbocycles. The Morgan fingerprint density at radius 3 is 2.28 bits per heavy atom. The number of amides is 1. The first kappa shape index (κ1) is 15.4. The number of hydrogen-bond acceptors (Lipinski definition) is 4. The van der Waals surface area contributed by atoms with Gasteiger partial charge in [0.05, 0.1) is 0 Å². The van der Waals surface area contributed by atoms with E-state index in [4.69, 9.17) is 5.73 Å². The molecule has 1 saturated heterocycles. The van der Waals surface area contributed by atoms with Crippen LogP contribution in [0.2, 0.25) is 0 Å². The molecule has 5 nitrogen and oxygen atoms in total. The van der Waals surface area contributed by atoms with Crippen LogP contribution >= 0.6 is 0 Å². The Kier molecular flexibility index (Phi) is 6.60. The second-order valence-corrected chi connectivity index (χ2v) is 5.52. The van der Waals surface area contributed by atoms with Gasteiger partial charge in [0.2, 0.25) is 5.91 Å². The Morgan fingerprint density at radius 1 is 1.22 bits per heavy atom. The summed E-state index contributed by atoms with van der Waals surface area (Å²) < 4.78 is 0. The van der Waals surface area contributed by atoms with Gasteiger partial charge in [0.25, 0.3) is 0 Å². The Morgan fingerprint density at radius 2 is 1.78 bits per heavy atom. The smallest absolute Gasteiger partial charge is 0.223 e. The zero-order chi connectivity index (χ0) is 13.5. The molecule has 1 fully saturated rings. The van der Waals surface area contributed by atoms with Crippen molar-refractivity contribution in [2.45, 2.75) is 13.3 Å². The Hall–Kier alpha value is -0.650. The van der Waals surface area contributed by atoms with Crippen molar-refractivity contribution in [2.24, 2.45) is 11.7 Å². The molecule has 0 aromatic heterocycles. The minimum absolute atomic E-state index is 0.217. The summed E-state index contributed by atoms with van der Waals surface area (Å²) in [7, 11) is 3.63. The van der Waals surface area contributed by atoms with Gasteiger partial charge in [-0.3, -0.25) is 4.79 Å². The normalized spacial score (nSPS) is 19.8. The predicted octanol–water partition coefficient (Wildman–Crippen LogP) is -0.323. The quantitative estimate of drug-likeness (QED) is 0.707. The van der Waals surface area contributed by atoms with Crippen molar-refractivity contribution in [3.05, 3.63) is 0 Å². The van der Waals surface area contributed by atoms with E-state index in [0.29, 0.717) is 12.3 Å². The van der Waals surface area contributed by atoms with E-state index in [-0.39, 0.29) is 5.91 Å². The number of rotatable bonds is 6. The maximum Gasteiger partial charge on any atom is 0.223 e. The summed E-state index contributed by atoms with van der Waals surface area (Å²) in [6, 6.07) is 0. The fourth-order valence-electron chi connectivity index (χ4n) is 2.19. The highest BCUT2D eigenvalue weighted by molar-refractivity contribution is 5.75. The van der Waals surface area contributed by atoms with Gasteiger partial charge in [-0.25, -0.2) is 0 Å². The van der Waals surface area contributed by atoms with Crippen LogP contribution in [-0.4, -0.2) is 80.5 Å². The first-order chi connectivity index (χ1) is 8.52. The van der Waals surface area contributed by atoms with Gasteiger partial charge in [-0.05, 0) is 12.5 Å². The number of nitrogens with two attached hydrogens (primary N) is 1. The molecule has 0 aromatic carbocycles. The topological polar surface area (TPSA) is 52.8 Å². The molecule has 0 aliphatic carbocycles. The van der Waals surface area contributed by atoms with Crippen molar-refractivity contribution in [3.8, 4) is 0 Å². The van der Waals surface area contributed by atoms with E-state index >= 15 is 0 Å². The Labute approximate surface area is 111 Å². The van der Waals surface area contributed by atoms with Gasteiger partial charge < -0.3 is 20.4 Å². The standard InChI is InChI=1S/C13H28N4O/c1-12(10-14)11-17-8-6-16(7-9-17)5-4-13(18)15(2)3/h12H,4-11,14H2,1-3H3. The van der Waals surface area contributed by atoms with E-state index in [9.17, 15) is 4.79 Å². The second-order valence-electron chi connectivity index (χ2n) is 5.52. The SMILES string of the molecule is CC(CN)CN1CCN(CCC(=O)N(C)C)CC1. The highest BCUT2D eigenvalue weighted by atomic mass is 16.2. The summed E-state index contributed by atoms with van der Waals surface area (Å²) in [5.41, 5.74) is 5.65. The summed E-state index contributed by atoms with van der Waals surface area (Å²) in [5.74, 6) is 0.793. The lowest BCUT2D eigenvalue weighted by Crippen LogP contribution is -2.48. The highest BCUT2D eigenvalue weighted by Crippen LogP contribution is 2.05. The number of carbonyl (C=O) groups is 1. The third kappa shape index (κ3) is 5.33. The molecule has 18 heavy (non-hydrogen) atoms. The van der Waals surface area contributed by atoms with Crippen LogP contribution in [0.15, 0.2) is 0 Å². The summed E-state index contributed by atoms with van der Waals surface area (Å²) >= 11 is 0. The molecule has 0 aromatic rings. The molecule has 5 heteroatoms. The molecule has 1 aliphatic rings. The van der Waals surface area contributed by atoms with Gasteiger partial charge in [-0.2, -0.15) is 0 Å². The molecule has 1 amide bonds. The van der Waals surface area contributed by atoms with Crippen LogP contribution in [0.25, 0.3) is 0 Å². The summed E-state index contributed by atoms with van der Waals surface area (Å²) in [4.78, 5) is 18.0. The number of hydrogen-bond donors (Lipinski definition) is 1. The summed E-state index contributed by atoms with van der Waals surface area (Å²) in [6.45, 7) is 9.27. The summed E-state index contributed by atoms with van der Waals surface area (Å²) in [5, 5.41) is 0. The molecule has 106 valence electrons. The van der Waals surface area contributed by atoms with Crippen LogP contribution in [0.1, 0.15) is 13.3 Å². The minimum Gasteiger partial charge on any atom is -0.349 e. The molecule has 2 N–H and O–H groups in total. The van der Waals surface area contributed by atoms with Crippen LogP contribution in [0, 0.1) is 5.92 Å².